The Hall–Kier alpha value is -4.22. The Morgan fingerprint density at radius 3 is 2.64 bits per heavy atom. The minimum absolute atomic E-state index is 0.118. The highest BCUT2D eigenvalue weighted by molar-refractivity contribution is 7.99. The zero-order valence-electron chi connectivity index (χ0n) is 21.6. The molecular formula is C28H26N6O3S2. The lowest BCUT2D eigenvalue weighted by molar-refractivity contribution is -0.113. The molecule has 2 aromatic heterocycles. The van der Waals surface area contributed by atoms with E-state index in [9.17, 15) is 9.59 Å². The number of nitrogens with one attached hydrogen (secondary N) is 2. The number of rotatable bonds is 9. The third-order valence-corrected chi connectivity index (χ3v) is 7.82. The molecule has 39 heavy (non-hydrogen) atoms. The van der Waals surface area contributed by atoms with Crippen LogP contribution in [-0.4, -0.2) is 44.4 Å². The quantitative estimate of drug-likeness (QED) is 0.240. The van der Waals surface area contributed by atoms with Gasteiger partial charge in [0.15, 0.2) is 16.1 Å². The molecule has 11 heteroatoms. The summed E-state index contributed by atoms with van der Waals surface area (Å²) in [6, 6.07) is 20.9. The number of thioether (sulfide) groups is 1. The number of methoxy groups -OCH3 is 1. The first kappa shape index (κ1) is 26.4. The number of para-hydroxylation sites is 2. The summed E-state index contributed by atoms with van der Waals surface area (Å²) in [6.45, 7) is 4.14. The molecule has 198 valence electrons. The topological polar surface area (TPSA) is 111 Å². The van der Waals surface area contributed by atoms with E-state index in [1.165, 1.54) is 30.2 Å². The fourth-order valence-electron chi connectivity index (χ4n) is 4.01. The Morgan fingerprint density at radius 2 is 1.82 bits per heavy atom. The zero-order chi connectivity index (χ0) is 27.4. The number of ether oxygens (including phenoxy) is 1. The Bertz CT molecular complexity index is 1630. The van der Waals surface area contributed by atoms with E-state index in [0.717, 1.165) is 27.0 Å². The SMILES string of the molecule is COc1ccccc1C(=O)NCc1nnc(SCC(=O)Nc2nc3ccccc3s2)n1-c1cc(C)ccc1C. The number of hydrogen-bond acceptors (Lipinski definition) is 8. The first-order chi connectivity index (χ1) is 18.9. The Balaban J connectivity index is 1.35. The van der Waals surface area contributed by atoms with Gasteiger partial charge in [-0.1, -0.05) is 59.5 Å². The van der Waals surface area contributed by atoms with Crippen molar-refractivity contribution in [1.29, 1.82) is 0 Å². The van der Waals surface area contributed by atoms with Gasteiger partial charge in [0, 0.05) is 0 Å². The van der Waals surface area contributed by atoms with Crippen molar-refractivity contribution in [3.05, 3.63) is 89.2 Å². The summed E-state index contributed by atoms with van der Waals surface area (Å²) in [6.07, 6.45) is 0. The van der Waals surface area contributed by atoms with Crippen LogP contribution in [0, 0.1) is 13.8 Å². The van der Waals surface area contributed by atoms with E-state index in [1.807, 2.05) is 66.9 Å². The van der Waals surface area contributed by atoms with Crippen LogP contribution in [0.25, 0.3) is 15.9 Å². The van der Waals surface area contributed by atoms with E-state index in [2.05, 4.69) is 25.8 Å². The van der Waals surface area contributed by atoms with E-state index in [0.29, 0.717) is 27.4 Å². The van der Waals surface area contributed by atoms with Gasteiger partial charge in [-0.3, -0.25) is 14.2 Å². The first-order valence-corrected chi connectivity index (χ1v) is 13.9. The molecule has 0 aliphatic rings. The maximum Gasteiger partial charge on any atom is 0.255 e. The third-order valence-electron chi connectivity index (χ3n) is 5.94. The van der Waals surface area contributed by atoms with E-state index in [1.54, 1.807) is 18.2 Å². The number of benzene rings is 3. The average molecular weight is 559 g/mol. The minimum Gasteiger partial charge on any atom is -0.496 e. The summed E-state index contributed by atoms with van der Waals surface area (Å²) in [5.74, 6) is 0.669. The van der Waals surface area contributed by atoms with Crippen molar-refractivity contribution < 1.29 is 14.3 Å². The van der Waals surface area contributed by atoms with Gasteiger partial charge < -0.3 is 15.4 Å². The van der Waals surface area contributed by atoms with Crippen molar-refractivity contribution in [2.75, 3.05) is 18.2 Å². The molecule has 5 aromatic rings. The summed E-state index contributed by atoms with van der Waals surface area (Å²) in [5.41, 5.74) is 4.24. The van der Waals surface area contributed by atoms with Crippen LogP contribution < -0.4 is 15.4 Å². The molecule has 0 spiro atoms. The summed E-state index contributed by atoms with van der Waals surface area (Å²) in [5, 5.41) is 15.6. The number of thiazole rings is 1. The van der Waals surface area contributed by atoms with E-state index in [4.69, 9.17) is 4.74 Å². The molecule has 5 rings (SSSR count). The molecule has 0 fully saturated rings. The average Bonchev–Trinajstić information content (AvgIpc) is 3.55. The van der Waals surface area contributed by atoms with E-state index >= 15 is 0 Å². The van der Waals surface area contributed by atoms with Crippen molar-refractivity contribution in [1.82, 2.24) is 25.1 Å². The Labute approximate surface area is 233 Å². The highest BCUT2D eigenvalue weighted by atomic mass is 32.2. The second-order valence-corrected chi connectivity index (χ2v) is 10.7. The first-order valence-electron chi connectivity index (χ1n) is 12.1. The van der Waals surface area contributed by atoms with Gasteiger partial charge in [0.05, 0.1) is 40.9 Å². The van der Waals surface area contributed by atoms with Crippen LogP contribution in [-0.2, 0) is 11.3 Å². The minimum atomic E-state index is -0.285. The molecule has 2 amide bonds. The lowest BCUT2D eigenvalue weighted by atomic mass is 10.1. The fourth-order valence-corrected chi connectivity index (χ4v) is 5.65. The van der Waals surface area contributed by atoms with Crippen molar-refractivity contribution in [3.63, 3.8) is 0 Å². The molecule has 0 bridgehead atoms. The maximum absolute atomic E-state index is 12.9. The second kappa shape index (κ2) is 11.7. The van der Waals surface area contributed by atoms with Gasteiger partial charge in [0.2, 0.25) is 5.91 Å². The predicted molar refractivity (Wildman–Crippen MR) is 154 cm³/mol. The fraction of sp³-hybridized carbons (Fsp3) is 0.179. The molecule has 0 saturated heterocycles. The number of carbonyl (C=O) groups is 2. The number of aryl methyl sites for hydroxylation is 2. The summed E-state index contributed by atoms with van der Waals surface area (Å²) >= 11 is 2.70. The summed E-state index contributed by atoms with van der Waals surface area (Å²) < 4.78 is 8.22. The summed E-state index contributed by atoms with van der Waals surface area (Å²) in [7, 11) is 1.53. The Morgan fingerprint density at radius 1 is 1.03 bits per heavy atom. The van der Waals surface area contributed by atoms with Gasteiger partial charge in [0.1, 0.15) is 5.75 Å². The number of nitrogens with zero attached hydrogens (tertiary/aromatic N) is 4. The Kier molecular flexibility index (Phi) is 7.89. The largest absolute Gasteiger partial charge is 0.496 e. The van der Waals surface area contributed by atoms with Gasteiger partial charge in [-0.05, 0) is 55.3 Å². The highest BCUT2D eigenvalue weighted by Gasteiger charge is 2.20. The second-order valence-electron chi connectivity index (χ2n) is 8.73. The van der Waals surface area contributed by atoms with Gasteiger partial charge in [-0.2, -0.15) is 0 Å². The molecule has 0 radical (unpaired) electrons. The number of amides is 2. The van der Waals surface area contributed by atoms with E-state index < -0.39 is 0 Å². The lowest BCUT2D eigenvalue weighted by Crippen LogP contribution is -2.25. The van der Waals surface area contributed by atoms with Crippen LogP contribution in [0.3, 0.4) is 0 Å². The molecular weight excluding hydrogens is 532 g/mol. The standard InChI is InChI=1S/C28H26N6O3S2/c1-17-12-13-18(2)21(14-17)34-24(15-29-26(36)19-8-4-6-10-22(19)37-3)32-33-28(34)38-16-25(35)31-27-30-20-9-5-7-11-23(20)39-27/h4-14H,15-16H2,1-3H3,(H,29,36)(H,30,31,35). The maximum atomic E-state index is 12.9. The van der Waals surface area contributed by atoms with Crippen LogP contribution in [0.15, 0.2) is 71.9 Å². The van der Waals surface area contributed by atoms with Gasteiger partial charge in [0.25, 0.3) is 5.91 Å². The number of anilines is 1. The van der Waals surface area contributed by atoms with Crippen molar-refractivity contribution in [2.45, 2.75) is 25.5 Å². The van der Waals surface area contributed by atoms with Crippen LogP contribution >= 0.6 is 23.1 Å². The van der Waals surface area contributed by atoms with Gasteiger partial charge in [-0.25, -0.2) is 4.98 Å². The van der Waals surface area contributed by atoms with Crippen molar-refractivity contribution >= 4 is 50.3 Å². The third kappa shape index (κ3) is 5.94. The molecule has 0 atom stereocenters. The molecule has 0 aliphatic heterocycles. The number of aromatic nitrogens is 4. The number of hydrogen-bond donors (Lipinski definition) is 2. The number of carbonyl (C=O) groups excluding carboxylic acids is 2. The summed E-state index contributed by atoms with van der Waals surface area (Å²) in [4.78, 5) is 30.2. The molecule has 0 aliphatic carbocycles. The molecule has 2 N–H and O–H groups in total. The molecule has 0 saturated carbocycles. The lowest BCUT2D eigenvalue weighted by Gasteiger charge is -2.14. The normalized spacial score (nSPS) is 10.9. The highest BCUT2D eigenvalue weighted by Crippen LogP contribution is 2.28. The predicted octanol–water partition coefficient (Wildman–Crippen LogP) is 5.16. The van der Waals surface area contributed by atoms with Crippen LogP contribution in [0.1, 0.15) is 27.3 Å². The smallest absolute Gasteiger partial charge is 0.255 e. The van der Waals surface area contributed by atoms with Crippen molar-refractivity contribution in [2.24, 2.45) is 0 Å². The van der Waals surface area contributed by atoms with Crippen molar-refractivity contribution in [3.8, 4) is 11.4 Å². The molecule has 3 aromatic carbocycles. The molecule has 9 nitrogen and oxygen atoms in total. The van der Waals surface area contributed by atoms with Gasteiger partial charge in [-0.15, -0.1) is 10.2 Å². The van der Waals surface area contributed by atoms with Crippen LogP contribution in [0.2, 0.25) is 0 Å². The zero-order valence-corrected chi connectivity index (χ0v) is 23.2. The van der Waals surface area contributed by atoms with Crippen LogP contribution in [0.5, 0.6) is 5.75 Å². The monoisotopic (exact) mass is 558 g/mol. The van der Waals surface area contributed by atoms with Gasteiger partial charge >= 0.3 is 0 Å². The number of fused-ring (bicyclic) bond motifs is 1. The molecule has 0 unspecified atom stereocenters. The van der Waals surface area contributed by atoms with E-state index in [-0.39, 0.29) is 24.1 Å². The molecule has 2 heterocycles. The van der Waals surface area contributed by atoms with Crippen LogP contribution in [0.4, 0.5) is 5.13 Å².